The van der Waals surface area contributed by atoms with Crippen LogP contribution in [0.1, 0.15) is 11.3 Å². The highest BCUT2D eigenvalue weighted by Gasteiger charge is 1.85. The summed E-state index contributed by atoms with van der Waals surface area (Å²) in [6.45, 7) is 0. The molecule has 1 radical (unpaired) electrons. The SMILES string of the molecule is C(#Cc1[c]cccn1)c1ccccc1. The van der Waals surface area contributed by atoms with E-state index in [1.54, 1.807) is 6.20 Å². The largest absolute Gasteiger partial charge is 0.247 e. The van der Waals surface area contributed by atoms with E-state index in [1.807, 2.05) is 42.5 Å². The van der Waals surface area contributed by atoms with E-state index >= 15 is 0 Å². The lowest BCUT2D eigenvalue weighted by molar-refractivity contribution is 1.28. The van der Waals surface area contributed by atoms with Crippen molar-refractivity contribution in [2.45, 2.75) is 0 Å². The van der Waals surface area contributed by atoms with Gasteiger partial charge in [-0.05, 0) is 30.2 Å². The number of benzene rings is 1. The Morgan fingerprint density at radius 1 is 1.00 bits per heavy atom. The van der Waals surface area contributed by atoms with Crippen molar-refractivity contribution in [1.29, 1.82) is 0 Å². The molecule has 1 nitrogen and oxygen atoms in total. The summed E-state index contributed by atoms with van der Waals surface area (Å²) in [6, 6.07) is 16.4. The van der Waals surface area contributed by atoms with E-state index in [2.05, 4.69) is 22.9 Å². The van der Waals surface area contributed by atoms with Gasteiger partial charge in [-0.3, -0.25) is 0 Å². The smallest absolute Gasteiger partial charge is 0.121 e. The monoisotopic (exact) mass is 178 g/mol. The highest BCUT2D eigenvalue weighted by Crippen LogP contribution is 1.96. The second-order valence-corrected chi connectivity index (χ2v) is 2.75. The summed E-state index contributed by atoms with van der Waals surface area (Å²) in [5, 5.41) is 0. The third kappa shape index (κ3) is 2.21. The van der Waals surface area contributed by atoms with Crippen molar-refractivity contribution in [3.05, 3.63) is 66.0 Å². The fourth-order valence-corrected chi connectivity index (χ4v) is 1.05. The van der Waals surface area contributed by atoms with E-state index in [0.717, 1.165) is 5.56 Å². The summed E-state index contributed by atoms with van der Waals surface area (Å²) in [6.07, 6.45) is 1.71. The Bertz CT molecular complexity index is 405. The molecule has 1 aromatic heterocycles. The Kier molecular flexibility index (Phi) is 2.59. The second kappa shape index (κ2) is 4.25. The maximum absolute atomic E-state index is 4.06. The zero-order valence-electron chi connectivity index (χ0n) is 7.57. The van der Waals surface area contributed by atoms with E-state index in [1.165, 1.54) is 0 Å². The average molecular weight is 178 g/mol. The molecule has 1 heteroatoms. The van der Waals surface area contributed by atoms with Gasteiger partial charge in [-0.1, -0.05) is 24.1 Å². The van der Waals surface area contributed by atoms with Crippen molar-refractivity contribution < 1.29 is 0 Å². The first kappa shape index (κ1) is 8.52. The van der Waals surface area contributed by atoms with Gasteiger partial charge in [-0.2, -0.15) is 0 Å². The fourth-order valence-electron chi connectivity index (χ4n) is 1.05. The molecule has 0 aliphatic heterocycles. The predicted molar refractivity (Wildman–Crippen MR) is 55.5 cm³/mol. The van der Waals surface area contributed by atoms with E-state index < -0.39 is 0 Å². The number of hydrogen-bond donors (Lipinski definition) is 0. The summed E-state index contributed by atoms with van der Waals surface area (Å²) in [4.78, 5) is 4.06. The Morgan fingerprint density at radius 3 is 2.57 bits per heavy atom. The zero-order valence-corrected chi connectivity index (χ0v) is 7.57. The maximum Gasteiger partial charge on any atom is 0.121 e. The van der Waals surface area contributed by atoms with Crippen LogP contribution in [0.25, 0.3) is 0 Å². The summed E-state index contributed by atoms with van der Waals surface area (Å²) in [5.41, 5.74) is 1.67. The standard InChI is InChI=1S/C13H8N/c1-2-6-12(7-3-1)9-10-13-8-4-5-11-14-13/h1-7,11H. The summed E-state index contributed by atoms with van der Waals surface area (Å²) in [7, 11) is 0. The van der Waals surface area contributed by atoms with Gasteiger partial charge in [-0.25, -0.2) is 4.98 Å². The summed E-state index contributed by atoms with van der Waals surface area (Å²) in [5.74, 6) is 5.96. The molecule has 0 saturated carbocycles. The van der Waals surface area contributed by atoms with Crippen LogP contribution in [0.3, 0.4) is 0 Å². The van der Waals surface area contributed by atoms with Gasteiger partial charge in [-0.15, -0.1) is 0 Å². The first-order chi connectivity index (χ1) is 6.95. The van der Waals surface area contributed by atoms with Crippen molar-refractivity contribution in [2.75, 3.05) is 0 Å². The van der Waals surface area contributed by atoms with Crippen LogP contribution >= 0.6 is 0 Å². The summed E-state index contributed by atoms with van der Waals surface area (Å²) < 4.78 is 0. The van der Waals surface area contributed by atoms with Gasteiger partial charge in [0.05, 0.1) is 0 Å². The predicted octanol–water partition coefficient (Wildman–Crippen LogP) is 2.28. The first-order valence-electron chi connectivity index (χ1n) is 4.35. The molecule has 0 aliphatic carbocycles. The second-order valence-electron chi connectivity index (χ2n) is 2.75. The summed E-state index contributed by atoms with van der Waals surface area (Å²) >= 11 is 0. The van der Waals surface area contributed by atoms with Gasteiger partial charge in [0.25, 0.3) is 0 Å². The molecular weight excluding hydrogens is 170 g/mol. The lowest BCUT2D eigenvalue weighted by atomic mass is 10.2. The molecule has 0 spiro atoms. The van der Waals surface area contributed by atoms with Crippen molar-refractivity contribution in [2.24, 2.45) is 0 Å². The molecule has 0 N–H and O–H groups in total. The Balaban J connectivity index is 2.24. The molecule has 2 aromatic rings. The van der Waals surface area contributed by atoms with Gasteiger partial charge in [0.2, 0.25) is 0 Å². The highest BCUT2D eigenvalue weighted by atomic mass is 14.6. The van der Waals surface area contributed by atoms with Gasteiger partial charge >= 0.3 is 0 Å². The average Bonchev–Trinajstić information content (AvgIpc) is 2.29. The number of hydrogen-bond acceptors (Lipinski definition) is 1. The van der Waals surface area contributed by atoms with E-state index in [-0.39, 0.29) is 0 Å². The highest BCUT2D eigenvalue weighted by molar-refractivity contribution is 5.39. The fraction of sp³-hybridized carbons (Fsp3) is 0. The number of nitrogens with zero attached hydrogens (tertiary/aromatic N) is 1. The number of rotatable bonds is 0. The van der Waals surface area contributed by atoms with Crippen molar-refractivity contribution in [3.8, 4) is 11.8 Å². The molecular formula is C13H8N. The normalized spacial score (nSPS) is 8.86. The van der Waals surface area contributed by atoms with E-state index in [9.17, 15) is 0 Å². The van der Waals surface area contributed by atoms with Crippen LogP contribution in [0.4, 0.5) is 0 Å². The Morgan fingerprint density at radius 2 is 1.86 bits per heavy atom. The number of pyridine rings is 1. The molecule has 0 unspecified atom stereocenters. The van der Waals surface area contributed by atoms with Crippen LogP contribution in [-0.2, 0) is 0 Å². The first-order valence-corrected chi connectivity index (χ1v) is 4.35. The van der Waals surface area contributed by atoms with Gasteiger partial charge in [0.1, 0.15) is 5.69 Å². The molecule has 0 atom stereocenters. The lowest BCUT2D eigenvalue weighted by Gasteiger charge is -1.87. The molecule has 2 rings (SSSR count). The molecule has 1 heterocycles. The molecule has 65 valence electrons. The molecule has 0 aliphatic rings. The Hall–Kier alpha value is -2.07. The lowest BCUT2D eigenvalue weighted by Crippen LogP contribution is -1.79. The van der Waals surface area contributed by atoms with Crippen LogP contribution in [0.2, 0.25) is 0 Å². The van der Waals surface area contributed by atoms with Crippen molar-refractivity contribution in [1.82, 2.24) is 4.98 Å². The van der Waals surface area contributed by atoms with E-state index in [4.69, 9.17) is 0 Å². The van der Waals surface area contributed by atoms with E-state index in [0.29, 0.717) is 5.69 Å². The minimum atomic E-state index is 0.677. The zero-order chi connectivity index (χ0) is 9.64. The van der Waals surface area contributed by atoms with Crippen LogP contribution in [0.5, 0.6) is 0 Å². The van der Waals surface area contributed by atoms with Crippen LogP contribution < -0.4 is 0 Å². The number of aromatic nitrogens is 1. The molecule has 0 bridgehead atoms. The third-order valence-corrected chi connectivity index (χ3v) is 1.71. The Labute approximate surface area is 83.4 Å². The van der Waals surface area contributed by atoms with Crippen LogP contribution in [0.15, 0.2) is 48.7 Å². The quantitative estimate of drug-likeness (QED) is 0.564. The minimum Gasteiger partial charge on any atom is -0.247 e. The van der Waals surface area contributed by atoms with Crippen molar-refractivity contribution >= 4 is 0 Å². The van der Waals surface area contributed by atoms with Crippen molar-refractivity contribution in [3.63, 3.8) is 0 Å². The van der Waals surface area contributed by atoms with Gasteiger partial charge in [0, 0.05) is 17.8 Å². The van der Waals surface area contributed by atoms with Gasteiger partial charge in [0.15, 0.2) is 0 Å². The molecule has 14 heavy (non-hydrogen) atoms. The molecule has 1 aromatic carbocycles. The minimum absolute atomic E-state index is 0.677. The molecule has 0 amide bonds. The topological polar surface area (TPSA) is 12.9 Å². The maximum atomic E-state index is 4.06. The van der Waals surface area contributed by atoms with Crippen LogP contribution in [0, 0.1) is 17.9 Å². The third-order valence-electron chi connectivity index (χ3n) is 1.71. The van der Waals surface area contributed by atoms with Gasteiger partial charge < -0.3 is 0 Å². The molecule has 0 fully saturated rings. The molecule has 0 saturated heterocycles. The van der Waals surface area contributed by atoms with Crippen LogP contribution in [-0.4, -0.2) is 4.98 Å².